The van der Waals surface area contributed by atoms with Crippen molar-refractivity contribution in [2.24, 2.45) is 5.16 Å². The van der Waals surface area contributed by atoms with Crippen LogP contribution in [0.3, 0.4) is 0 Å². The lowest BCUT2D eigenvalue weighted by molar-refractivity contribution is -0.218. The summed E-state index contributed by atoms with van der Waals surface area (Å²) in [6.45, 7) is 5.66. The summed E-state index contributed by atoms with van der Waals surface area (Å²) in [5.74, 6) is -2.77. The normalized spacial score (nSPS) is 23.0. The molecule has 0 unspecified atom stereocenters. The Labute approximate surface area is 279 Å². The highest BCUT2D eigenvalue weighted by atomic mass is 32.3. The summed E-state index contributed by atoms with van der Waals surface area (Å²) in [4.78, 5) is 48.2. The number of aliphatic carboxylic acids is 1. The quantitative estimate of drug-likeness (QED) is 0.0482. The number of thiazole rings is 1. The summed E-state index contributed by atoms with van der Waals surface area (Å²) < 4.78 is 41.7. The van der Waals surface area contributed by atoms with Crippen LogP contribution in [-0.2, 0) is 40.3 Å². The van der Waals surface area contributed by atoms with Gasteiger partial charge < -0.3 is 36.4 Å². The molecule has 18 nitrogen and oxygen atoms in total. The molecular formula is C28H36N8O10S2. The Morgan fingerprint density at radius 2 is 2.08 bits per heavy atom. The van der Waals surface area contributed by atoms with E-state index in [1.165, 1.54) is 26.2 Å². The van der Waals surface area contributed by atoms with Gasteiger partial charge in [-0.3, -0.25) is 19.6 Å². The van der Waals surface area contributed by atoms with Gasteiger partial charge in [0, 0.05) is 23.5 Å². The topological polar surface area (TPSA) is 268 Å². The van der Waals surface area contributed by atoms with Crippen molar-refractivity contribution in [1.29, 1.82) is 5.41 Å². The number of nitrogens with two attached hydrogens (primary N) is 1. The molecule has 4 atom stereocenters. The number of amides is 2. The molecule has 260 valence electrons. The number of fused-ring (bicyclic) bond motifs is 1. The number of nitrogens with one attached hydrogen (secondary N) is 4. The van der Waals surface area contributed by atoms with Gasteiger partial charge in [0.1, 0.15) is 23.3 Å². The number of carboxylic acid groups (broad SMARTS) is 1. The van der Waals surface area contributed by atoms with Gasteiger partial charge in [-0.2, -0.15) is 13.5 Å². The van der Waals surface area contributed by atoms with Crippen LogP contribution in [0.4, 0.5) is 5.13 Å². The predicted octanol–water partition coefficient (Wildman–Crippen LogP) is 0.190. The van der Waals surface area contributed by atoms with Gasteiger partial charge in [0.25, 0.3) is 17.4 Å². The molecule has 1 aromatic carbocycles. The number of carbonyl (C=O) groups excluding carboxylic acids is 2. The van der Waals surface area contributed by atoms with Crippen LogP contribution >= 0.6 is 11.3 Å². The maximum atomic E-state index is 13.4. The summed E-state index contributed by atoms with van der Waals surface area (Å²) in [5, 5.41) is 33.2. The SMILES string of the molecule is CC1(C)[C@H](NC(=O)/C(=N\O[C@](C)(C(=O)O)[C@H]2CCc3cc(C(=N)NCC[C@H]4CCN4)ccc3O2)c2csc(N)n2)C(=O)N1OS(=O)(=O)O. The van der Waals surface area contributed by atoms with E-state index in [2.05, 4.69) is 30.4 Å². The molecule has 0 spiro atoms. The molecule has 0 saturated carbocycles. The van der Waals surface area contributed by atoms with Crippen molar-refractivity contribution in [2.45, 2.75) is 75.8 Å². The molecule has 5 rings (SSSR count). The van der Waals surface area contributed by atoms with Crippen LogP contribution in [-0.4, -0.2) is 99.9 Å². The molecule has 0 radical (unpaired) electrons. The van der Waals surface area contributed by atoms with Gasteiger partial charge in [-0.05, 0) is 76.8 Å². The number of oxime groups is 1. The number of amidine groups is 1. The molecular weight excluding hydrogens is 672 g/mol. The van der Waals surface area contributed by atoms with Crippen molar-refractivity contribution in [3.05, 3.63) is 40.4 Å². The number of β-lactam (4-membered cyclic amide) rings is 1. The minimum absolute atomic E-state index is 0.0597. The summed E-state index contributed by atoms with van der Waals surface area (Å²) in [7, 11) is -5.03. The van der Waals surface area contributed by atoms with Crippen LogP contribution in [0.25, 0.3) is 0 Å². The van der Waals surface area contributed by atoms with Crippen molar-refractivity contribution in [3.8, 4) is 5.75 Å². The van der Waals surface area contributed by atoms with E-state index < -0.39 is 57.2 Å². The van der Waals surface area contributed by atoms with Gasteiger partial charge >= 0.3 is 16.4 Å². The van der Waals surface area contributed by atoms with Gasteiger partial charge in [-0.25, -0.2) is 9.78 Å². The lowest BCUT2D eigenvalue weighted by Crippen LogP contribution is -2.76. The second kappa shape index (κ2) is 13.3. The zero-order chi connectivity index (χ0) is 35.0. The fourth-order valence-electron chi connectivity index (χ4n) is 5.40. The third-order valence-electron chi connectivity index (χ3n) is 8.48. The van der Waals surface area contributed by atoms with Crippen molar-refractivity contribution < 1.29 is 46.3 Å². The number of anilines is 1. The summed E-state index contributed by atoms with van der Waals surface area (Å²) in [5.41, 5.74) is 3.05. The molecule has 8 N–H and O–H groups in total. The molecule has 1 aromatic heterocycles. The number of hydrogen-bond donors (Lipinski definition) is 7. The van der Waals surface area contributed by atoms with Gasteiger partial charge in [-0.15, -0.1) is 15.6 Å². The third-order valence-corrected chi connectivity index (χ3v) is 9.49. The monoisotopic (exact) mass is 708 g/mol. The smallest absolute Gasteiger partial charge is 0.418 e. The van der Waals surface area contributed by atoms with Crippen molar-refractivity contribution >= 4 is 56.2 Å². The zero-order valence-electron chi connectivity index (χ0n) is 26.2. The minimum atomic E-state index is -5.03. The van der Waals surface area contributed by atoms with Crippen molar-refractivity contribution in [1.82, 2.24) is 26.0 Å². The third kappa shape index (κ3) is 7.21. The number of hydrogen-bond acceptors (Lipinski definition) is 14. The number of aryl methyl sites for hydroxylation is 1. The Hall–Kier alpha value is -4.37. The first-order valence-electron chi connectivity index (χ1n) is 14.9. The molecule has 2 saturated heterocycles. The summed E-state index contributed by atoms with van der Waals surface area (Å²) in [6.07, 6.45) is 1.58. The van der Waals surface area contributed by atoms with Crippen LogP contribution in [0, 0.1) is 5.41 Å². The van der Waals surface area contributed by atoms with E-state index in [0.717, 1.165) is 36.3 Å². The number of nitrogen functional groups attached to an aromatic ring is 1. The first-order chi connectivity index (χ1) is 22.5. The van der Waals surface area contributed by atoms with Gasteiger partial charge in [0.15, 0.2) is 16.9 Å². The molecule has 0 bridgehead atoms. The lowest BCUT2D eigenvalue weighted by Gasteiger charge is -2.50. The maximum Gasteiger partial charge on any atom is 0.418 e. The Kier molecular flexibility index (Phi) is 9.66. The van der Waals surface area contributed by atoms with Crippen molar-refractivity contribution in [2.75, 3.05) is 18.8 Å². The lowest BCUT2D eigenvalue weighted by atomic mass is 9.84. The number of ether oxygens (including phenoxy) is 1. The average Bonchev–Trinajstić information content (AvgIpc) is 3.43. The van der Waals surface area contributed by atoms with Gasteiger partial charge in [0.05, 0.1) is 5.54 Å². The number of aromatic nitrogens is 1. The first-order valence-corrected chi connectivity index (χ1v) is 17.1. The Morgan fingerprint density at radius 3 is 2.67 bits per heavy atom. The van der Waals surface area contributed by atoms with Crippen molar-refractivity contribution in [3.63, 3.8) is 0 Å². The van der Waals surface area contributed by atoms with Gasteiger partial charge in [0.2, 0.25) is 0 Å². The zero-order valence-corrected chi connectivity index (χ0v) is 27.8. The van der Waals surface area contributed by atoms with E-state index in [1.54, 1.807) is 12.1 Å². The molecule has 2 fully saturated rings. The second-order valence-electron chi connectivity index (χ2n) is 12.2. The summed E-state index contributed by atoms with van der Waals surface area (Å²) >= 11 is 0.965. The first kappa shape index (κ1) is 35.0. The van der Waals surface area contributed by atoms with E-state index in [1.807, 2.05) is 6.07 Å². The highest BCUT2D eigenvalue weighted by Crippen LogP contribution is 2.35. The molecule has 0 aliphatic carbocycles. The Bertz CT molecular complexity index is 1760. The fraction of sp³-hybridized carbons (Fsp3) is 0.500. The Morgan fingerprint density at radius 1 is 1.35 bits per heavy atom. The Balaban J connectivity index is 1.31. The number of carboxylic acids is 1. The molecule has 2 aromatic rings. The number of benzene rings is 1. The fourth-order valence-corrected chi connectivity index (χ4v) is 6.40. The standard InChI is InChI=1S/C28H36N8O10S2/c1-27(2)21(24(38)36(27)46-48(41,42)43)34-23(37)20(17-13-47-26(30)33-17)35-45-28(3,25(39)40)19-7-5-14-12-15(4-6-18(14)44-19)22(29)32-11-9-16-8-10-31-16/h4,6,12-13,16,19,21,31H,5,7-11H2,1-3H3,(H2,29,32)(H2,30,33)(H,34,37)(H,39,40)(H,41,42,43)/b35-20-/t16-,19-,21-,28+/m1/s1. The van der Waals surface area contributed by atoms with Crippen LogP contribution in [0.5, 0.6) is 5.75 Å². The van der Waals surface area contributed by atoms with E-state index in [4.69, 9.17) is 25.3 Å². The van der Waals surface area contributed by atoms with Crippen LogP contribution in [0.2, 0.25) is 0 Å². The number of hydroxylamine groups is 2. The van der Waals surface area contributed by atoms with Crippen LogP contribution < -0.4 is 26.4 Å². The largest absolute Gasteiger partial charge is 0.485 e. The van der Waals surface area contributed by atoms with Crippen LogP contribution in [0.15, 0.2) is 28.7 Å². The van der Waals surface area contributed by atoms with E-state index in [9.17, 15) is 27.9 Å². The van der Waals surface area contributed by atoms with E-state index in [-0.39, 0.29) is 23.1 Å². The van der Waals surface area contributed by atoms with E-state index >= 15 is 0 Å². The number of nitrogens with zero attached hydrogens (tertiary/aromatic N) is 3. The minimum Gasteiger partial charge on any atom is -0.485 e. The van der Waals surface area contributed by atoms with Crippen LogP contribution in [0.1, 0.15) is 56.9 Å². The highest BCUT2D eigenvalue weighted by Gasteiger charge is 2.58. The average molecular weight is 709 g/mol. The molecule has 2 amide bonds. The highest BCUT2D eigenvalue weighted by molar-refractivity contribution is 7.80. The van der Waals surface area contributed by atoms with E-state index in [0.29, 0.717) is 35.4 Å². The predicted molar refractivity (Wildman–Crippen MR) is 171 cm³/mol. The molecule has 48 heavy (non-hydrogen) atoms. The number of carbonyl (C=O) groups is 3. The number of rotatable bonds is 13. The molecule has 3 aliphatic rings. The summed E-state index contributed by atoms with van der Waals surface area (Å²) in [6, 6.07) is 4.32. The van der Waals surface area contributed by atoms with Gasteiger partial charge in [-0.1, -0.05) is 5.16 Å². The molecule has 3 aliphatic heterocycles. The maximum absolute atomic E-state index is 13.4. The molecule has 4 heterocycles. The molecule has 20 heteroatoms. The second-order valence-corrected chi connectivity index (χ2v) is 14.1.